The summed E-state index contributed by atoms with van der Waals surface area (Å²) in [6.07, 6.45) is 4.07. The van der Waals surface area contributed by atoms with Gasteiger partial charge in [0.2, 0.25) is 0 Å². The maximum Gasteiger partial charge on any atom is 0.407 e. The molecule has 1 unspecified atom stereocenters. The van der Waals surface area contributed by atoms with E-state index in [1.807, 2.05) is 58.3 Å². The number of fused-ring (bicyclic) bond motifs is 1. The van der Waals surface area contributed by atoms with E-state index in [0.29, 0.717) is 0 Å². The highest BCUT2D eigenvalue weighted by atomic mass is 16.6. The number of pyridine rings is 1. The summed E-state index contributed by atoms with van der Waals surface area (Å²) >= 11 is 0. The van der Waals surface area contributed by atoms with Crippen molar-refractivity contribution in [2.24, 2.45) is 11.1 Å². The van der Waals surface area contributed by atoms with Gasteiger partial charge in [0.05, 0.1) is 0 Å². The number of alkyl carbamates (subject to hydrolysis) is 1. The highest BCUT2D eigenvalue weighted by molar-refractivity contribution is 5.80. The van der Waals surface area contributed by atoms with Crippen molar-refractivity contribution in [1.82, 2.24) is 10.3 Å². The Morgan fingerprint density at radius 1 is 1.14 bits per heavy atom. The molecule has 2 aromatic rings. The summed E-state index contributed by atoms with van der Waals surface area (Å²) < 4.78 is 9.92. The van der Waals surface area contributed by atoms with Gasteiger partial charge in [0.25, 0.3) is 0 Å². The van der Waals surface area contributed by atoms with Crippen LogP contribution in [-0.4, -0.2) is 36.4 Å². The number of amides is 2. The molecule has 1 atom stereocenters. The number of nitrogens with zero attached hydrogens (tertiary/aromatic N) is 1. The number of aromatic nitrogens is 1. The van der Waals surface area contributed by atoms with Gasteiger partial charge in [0.15, 0.2) is 0 Å². The number of rotatable bonds is 7. The van der Waals surface area contributed by atoms with Gasteiger partial charge in [-0.3, -0.25) is 4.98 Å². The molecule has 0 aliphatic carbocycles. The van der Waals surface area contributed by atoms with Gasteiger partial charge < -0.3 is 20.5 Å². The molecule has 0 bridgehead atoms. The molecule has 0 radical (unpaired) electrons. The van der Waals surface area contributed by atoms with E-state index in [0.717, 1.165) is 12.8 Å². The monoisotopic (exact) mass is 389 g/mol. The molecule has 1 aromatic heterocycles. The molecule has 0 fully saturated rings. The minimum absolute atomic E-state index is 0.0248. The van der Waals surface area contributed by atoms with Gasteiger partial charge in [-0.15, -0.1) is 0 Å². The lowest BCUT2D eigenvalue weighted by atomic mass is 9.87. The summed E-state index contributed by atoms with van der Waals surface area (Å²) in [7, 11) is 0. The van der Waals surface area contributed by atoms with E-state index in [1.165, 1.54) is 10.8 Å². The van der Waals surface area contributed by atoms with Gasteiger partial charge in [-0.1, -0.05) is 44.5 Å². The molecule has 0 saturated heterocycles. The molecular formula is C21H31N3O4. The second kappa shape index (κ2) is 11.8. The fourth-order valence-electron chi connectivity index (χ4n) is 2.58. The van der Waals surface area contributed by atoms with E-state index < -0.39 is 17.6 Å². The van der Waals surface area contributed by atoms with Crippen molar-refractivity contribution in [3.63, 3.8) is 0 Å². The Morgan fingerprint density at radius 3 is 2.36 bits per heavy atom. The van der Waals surface area contributed by atoms with Crippen LogP contribution in [0.4, 0.5) is 9.59 Å². The van der Waals surface area contributed by atoms with Crippen molar-refractivity contribution < 1.29 is 19.1 Å². The quantitative estimate of drug-likeness (QED) is 0.736. The summed E-state index contributed by atoms with van der Waals surface area (Å²) in [5, 5.41) is 5.08. The van der Waals surface area contributed by atoms with Gasteiger partial charge in [-0.05, 0) is 37.1 Å². The summed E-state index contributed by atoms with van der Waals surface area (Å²) in [5.41, 5.74) is 4.53. The topological polar surface area (TPSA) is 104 Å². The van der Waals surface area contributed by atoms with Crippen molar-refractivity contribution in [3.05, 3.63) is 42.7 Å². The Morgan fingerprint density at radius 2 is 1.79 bits per heavy atom. The minimum atomic E-state index is -0.816. The van der Waals surface area contributed by atoms with Crippen LogP contribution in [0.3, 0.4) is 0 Å². The van der Waals surface area contributed by atoms with Crippen LogP contribution in [0.25, 0.3) is 10.8 Å². The molecule has 154 valence electrons. The third kappa shape index (κ3) is 9.21. The number of nitrogens with one attached hydrogen (secondary N) is 1. The van der Waals surface area contributed by atoms with Crippen molar-refractivity contribution in [2.45, 2.75) is 46.6 Å². The van der Waals surface area contributed by atoms with Crippen LogP contribution in [0.1, 0.15) is 40.5 Å². The van der Waals surface area contributed by atoms with Gasteiger partial charge in [0.1, 0.15) is 13.2 Å². The van der Waals surface area contributed by atoms with Crippen molar-refractivity contribution in [2.75, 3.05) is 13.2 Å². The molecule has 7 nitrogen and oxygen atoms in total. The number of nitrogens with two attached hydrogens (primary N) is 1. The van der Waals surface area contributed by atoms with Crippen LogP contribution in [-0.2, 0) is 9.47 Å². The molecule has 0 saturated carbocycles. The first-order valence-corrected chi connectivity index (χ1v) is 9.40. The molecule has 28 heavy (non-hydrogen) atoms. The van der Waals surface area contributed by atoms with Gasteiger partial charge in [-0.2, -0.15) is 0 Å². The predicted octanol–water partition coefficient (Wildman–Crippen LogP) is 4.26. The number of carbonyl (C=O) groups is 2. The lowest BCUT2D eigenvalue weighted by Gasteiger charge is -2.27. The van der Waals surface area contributed by atoms with E-state index in [1.54, 1.807) is 0 Å². The second-order valence-electron chi connectivity index (χ2n) is 7.27. The Kier molecular flexibility index (Phi) is 9.78. The summed E-state index contributed by atoms with van der Waals surface area (Å²) in [6.45, 7) is 7.93. The number of carbonyl (C=O) groups excluding carboxylic acids is 2. The largest absolute Gasteiger partial charge is 0.449 e. The Hall–Kier alpha value is -2.83. The smallest absolute Gasteiger partial charge is 0.407 e. The van der Waals surface area contributed by atoms with E-state index in [9.17, 15) is 9.59 Å². The van der Waals surface area contributed by atoms with E-state index >= 15 is 0 Å². The van der Waals surface area contributed by atoms with Gasteiger partial charge in [0, 0.05) is 23.9 Å². The summed E-state index contributed by atoms with van der Waals surface area (Å²) in [5.74, 6) is 0. The highest BCUT2D eigenvalue weighted by Crippen LogP contribution is 2.24. The maximum atomic E-state index is 11.4. The molecule has 2 amide bonds. The standard InChI is InChI=1S/C12H24N2O4.C9H7N/c1-5-6-12(4,7-17-10(13)15)8-18-11(16)14-9(2)3;1-2-4-9-7-10-6-5-8(9)3-1/h9H,5-8H2,1-4H3,(H2,13,15)(H,14,16);1-7H. The first-order valence-electron chi connectivity index (χ1n) is 9.40. The first-order chi connectivity index (χ1) is 13.3. The fraction of sp³-hybridized carbons (Fsp3) is 0.476. The lowest BCUT2D eigenvalue weighted by Crippen LogP contribution is -2.37. The third-order valence-corrected chi connectivity index (χ3v) is 3.92. The van der Waals surface area contributed by atoms with Crippen molar-refractivity contribution in [3.8, 4) is 0 Å². The predicted molar refractivity (Wildman–Crippen MR) is 110 cm³/mol. The molecule has 1 heterocycles. The third-order valence-electron chi connectivity index (χ3n) is 3.92. The summed E-state index contributed by atoms with van der Waals surface area (Å²) in [4.78, 5) is 26.0. The zero-order chi connectivity index (χ0) is 21.0. The highest BCUT2D eigenvalue weighted by Gasteiger charge is 2.27. The minimum Gasteiger partial charge on any atom is -0.449 e. The SMILES string of the molecule is CCCC(C)(COC(N)=O)COC(=O)NC(C)C.c1ccc2cnccc2c1. The lowest BCUT2D eigenvalue weighted by molar-refractivity contribution is 0.0333. The fourth-order valence-corrected chi connectivity index (χ4v) is 2.58. The normalized spacial score (nSPS) is 12.5. The molecule has 3 N–H and O–H groups in total. The molecule has 0 aliphatic heterocycles. The number of hydrogen-bond donors (Lipinski definition) is 2. The van der Waals surface area contributed by atoms with E-state index in [2.05, 4.69) is 22.4 Å². The van der Waals surface area contributed by atoms with Crippen molar-refractivity contribution >= 4 is 23.0 Å². The first kappa shape index (κ1) is 23.2. The Balaban J connectivity index is 0.000000324. The van der Waals surface area contributed by atoms with Crippen LogP contribution in [0, 0.1) is 5.41 Å². The molecule has 1 aromatic carbocycles. The van der Waals surface area contributed by atoms with Crippen LogP contribution in [0.15, 0.2) is 42.7 Å². The average Bonchev–Trinajstić information content (AvgIpc) is 2.65. The number of benzene rings is 1. The second-order valence-corrected chi connectivity index (χ2v) is 7.27. The zero-order valence-corrected chi connectivity index (χ0v) is 17.1. The van der Waals surface area contributed by atoms with Crippen LogP contribution < -0.4 is 11.1 Å². The van der Waals surface area contributed by atoms with Crippen LogP contribution in [0.5, 0.6) is 0 Å². The molecular weight excluding hydrogens is 358 g/mol. The molecule has 0 aliphatic rings. The van der Waals surface area contributed by atoms with Crippen molar-refractivity contribution in [1.29, 1.82) is 0 Å². The number of hydrogen-bond acceptors (Lipinski definition) is 5. The molecule has 0 spiro atoms. The molecule has 7 heteroatoms. The zero-order valence-electron chi connectivity index (χ0n) is 17.1. The van der Waals surface area contributed by atoms with Crippen LogP contribution in [0.2, 0.25) is 0 Å². The summed E-state index contributed by atoms with van der Waals surface area (Å²) in [6, 6.07) is 10.2. The maximum absolute atomic E-state index is 11.4. The van der Waals surface area contributed by atoms with Gasteiger partial charge >= 0.3 is 12.2 Å². The Bertz CT molecular complexity index is 686. The van der Waals surface area contributed by atoms with E-state index in [4.69, 9.17) is 15.2 Å². The average molecular weight is 389 g/mol. The number of primary amides is 1. The number of ether oxygens (including phenoxy) is 2. The Labute approximate surface area is 166 Å². The van der Waals surface area contributed by atoms with E-state index in [-0.39, 0.29) is 19.3 Å². The van der Waals surface area contributed by atoms with Crippen LogP contribution >= 0.6 is 0 Å². The molecule has 2 rings (SSSR count). The van der Waals surface area contributed by atoms with Gasteiger partial charge in [-0.25, -0.2) is 9.59 Å².